The highest BCUT2D eigenvalue weighted by Gasteiger charge is 2.20. The predicted octanol–water partition coefficient (Wildman–Crippen LogP) is 4.30. The van der Waals surface area contributed by atoms with Crippen LogP contribution in [-0.2, 0) is 9.59 Å². The number of carboxylic acid groups (broad SMARTS) is 1. The molecular weight excluding hydrogens is 278 g/mol. The third-order valence-corrected chi connectivity index (χ3v) is 4.34. The maximum atomic E-state index is 11.8. The van der Waals surface area contributed by atoms with Crippen LogP contribution in [0.3, 0.4) is 0 Å². The molecule has 0 aliphatic rings. The molecule has 3 N–H and O–H groups in total. The Balaban J connectivity index is 3.45. The van der Waals surface area contributed by atoms with Crippen LogP contribution in [0.5, 0.6) is 0 Å². The highest BCUT2D eigenvalue weighted by atomic mass is 16.4. The first-order valence-corrected chi connectivity index (χ1v) is 8.99. The van der Waals surface area contributed by atoms with Crippen LogP contribution in [0.1, 0.15) is 90.9 Å². The van der Waals surface area contributed by atoms with Gasteiger partial charge in [0.2, 0.25) is 0 Å². The van der Waals surface area contributed by atoms with Crippen molar-refractivity contribution in [3.8, 4) is 0 Å². The number of carboxylic acids is 1. The Labute approximate surface area is 135 Å². The molecule has 0 spiro atoms. The van der Waals surface area contributed by atoms with Crippen LogP contribution in [0.15, 0.2) is 0 Å². The summed E-state index contributed by atoms with van der Waals surface area (Å²) in [5.74, 6) is -0.893. The van der Waals surface area contributed by atoms with Gasteiger partial charge in [0.1, 0.15) is 11.8 Å². The molecular formula is C18H35NO3. The van der Waals surface area contributed by atoms with Crippen LogP contribution in [0.25, 0.3) is 0 Å². The van der Waals surface area contributed by atoms with E-state index in [9.17, 15) is 9.59 Å². The fourth-order valence-electron chi connectivity index (χ4n) is 2.57. The molecule has 0 bridgehead atoms. The van der Waals surface area contributed by atoms with E-state index in [4.69, 9.17) is 10.8 Å². The highest BCUT2D eigenvalue weighted by Crippen LogP contribution is 2.14. The van der Waals surface area contributed by atoms with Gasteiger partial charge in [-0.25, -0.2) is 0 Å². The Kier molecular flexibility index (Phi) is 13.2. The van der Waals surface area contributed by atoms with Crippen LogP contribution >= 0.6 is 0 Å². The summed E-state index contributed by atoms with van der Waals surface area (Å²) in [6, 6.07) is -0.861. The number of carbonyl (C=O) groups excluding carboxylic acids is 1. The largest absolute Gasteiger partial charge is 0.480 e. The maximum Gasteiger partial charge on any atom is 0.320 e. The van der Waals surface area contributed by atoms with Crippen LogP contribution in [0.2, 0.25) is 0 Å². The summed E-state index contributed by atoms with van der Waals surface area (Å²) >= 11 is 0. The summed E-state index contributed by atoms with van der Waals surface area (Å²) in [6.07, 6.45) is 12.9. The number of hydrogen-bond acceptors (Lipinski definition) is 3. The van der Waals surface area contributed by atoms with Crippen molar-refractivity contribution in [1.82, 2.24) is 0 Å². The lowest BCUT2D eigenvalue weighted by Crippen LogP contribution is -2.36. The van der Waals surface area contributed by atoms with E-state index in [2.05, 4.69) is 6.92 Å². The van der Waals surface area contributed by atoms with Gasteiger partial charge in [-0.15, -0.1) is 0 Å². The van der Waals surface area contributed by atoms with E-state index in [1.807, 2.05) is 0 Å². The van der Waals surface area contributed by atoms with Gasteiger partial charge in [0.15, 0.2) is 0 Å². The predicted molar refractivity (Wildman–Crippen MR) is 90.9 cm³/mol. The summed E-state index contributed by atoms with van der Waals surface area (Å²) in [4.78, 5) is 22.5. The van der Waals surface area contributed by atoms with Crippen LogP contribution < -0.4 is 5.73 Å². The molecule has 2 atom stereocenters. The highest BCUT2D eigenvalue weighted by molar-refractivity contribution is 5.78. The SMILES string of the molecule is CCCCCCCCCCCC(=O)CC[C@@H](C)[C@@H](N)C(=O)O. The molecule has 0 saturated heterocycles. The van der Waals surface area contributed by atoms with Crippen molar-refractivity contribution in [3.05, 3.63) is 0 Å². The van der Waals surface area contributed by atoms with E-state index in [0.717, 1.165) is 12.8 Å². The number of Topliss-reactive ketones (excluding diaryl/α,β-unsaturated/α-hetero) is 1. The third-order valence-electron chi connectivity index (χ3n) is 4.34. The number of unbranched alkanes of at least 4 members (excludes halogenated alkanes) is 8. The topological polar surface area (TPSA) is 80.4 Å². The zero-order chi connectivity index (χ0) is 16.8. The molecule has 0 unspecified atom stereocenters. The zero-order valence-electron chi connectivity index (χ0n) is 14.5. The molecule has 0 aromatic carbocycles. The average molecular weight is 313 g/mol. The number of ketones is 1. The first kappa shape index (κ1) is 21.1. The minimum atomic E-state index is -0.987. The Morgan fingerprint density at radius 3 is 1.91 bits per heavy atom. The van der Waals surface area contributed by atoms with Gasteiger partial charge in [0.05, 0.1) is 0 Å². The van der Waals surface area contributed by atoms with Gasteiger partial charge in [0, 0.05) is 12.8 Å². The molecule has 0 aromatic rings. The Hall–Kier alpha value is -0.900. The van der Waals surface area contributed by atoms with Crippen molar-refractivity contribution in [3.63, 3.8) is 0 Å². The monoisotopic (exact) mass is 313 g/mol. The average Bonchev–Trinajstić information content (AvgIpc) is 2.50. The molecule has 0 amide bonds. The molecule has 0 rings (SSSR count). The van der Waals surface area contributed by atoms with Gasteiger partial charge in [-0.2, -0.15) is 0 Å². The summed E-state index contributed by atoms with van der Waals surface area (Å²) in [6.45, 7) is 4.03. The molecule has 0 radical (unpaired) electrons. The fourth-order valence-corrected chi connectivity index (χ4v) is 2.57. The smallest absolute Gasteiger partial charge is 0.320 e. The Morgan fingerprint density at radius 1 is 0.909 bits per heavy atom. The first-order chi connectivity index (χ1) is 10.5. The molecule has 0 saturated carbocycles. The van der Waals surface area contributed by atoms with Gasteiger partial charge in [-0.05, 0) is 18.8 Å². The minimum absolute atomic E-state index is 0.149. The van der Waals surface area contributed by atoms with Gasteiger partial charge in [-0.3, -0.25) is 9.59 Å². The molecule has 0 aliphatic carbocycles. The second-order valence-corrected chi connectivity index (χ2v) is 6.50. The first-order valence-electron chi connectivity index (χ1n) is 8.99. The van der Waals surface area contributed by atoms with E-state index in [-0.39, 0.29) is 11.7 Å². The molecule has 0 aliphatic heterocycles. The molecule has 4 heteroatoms. The number of carbonyl (C=O) groups is 2. The van der Waals surface area contributed by atoms with Crippen molar-refractivity contribution in [2.24, 2.45) is 11.7 Å². The van der Waals surface area contributed by atoms with E-state index in [1.165, 1.54) is 44.9 Å². The molecule has 0 heterocycles. The maximum absolute atomic E-state index is 11.8. The normalized spacial score (nSPS) is 13.8. The zero-order valence-corrected chi connectivity index (χ0v) is 14.5. The van der Waals surface area contributed by atoms with Gasteiger partial charge >= 0.3 is 5.97 Å². The second kappa shape index (κ2) is 13.7. The Morgan fingerprint density at radius 2 is 1.41 bits per heavy atom. The lowest BCUT2D eigenvalue weighted by atomic mass is 9.95. The van der Waals surface area contributed by atoms with Crippen LogP contribution in [-0.4, -0.2) is 22.9 Å². The number of aliphatic carboxylic acids is 1. The van der Waals surface area contributed by atoms with Gasteiger partial charge < -0.3 is 10.8 Å². The van der Waals surface area contributed by atoms with E-state index in [0.29, 0.717) is 19.3 Å². The summed E-state index contributed by atoms with van der Waals surface area (Å²) in [5, 5.41) is 8.80. The third kappa shape index (κ3) is 11.7. The van der Waals surface area contributed by atoms with Crippen molar-refractivity contribution in [2.75, 3.05) is 0 Å². The molecule has 0 fully saturated rings. The van der Waals surface area contributed by atoms with Crippen molar-refractivity contribution in [2.45, 2.75) is 96.9 Å². The standard InChI is InChI=1S/C18H35NO3/c1-3-4-5-6-7-8-9-10-11-12-16(20)14-13-15(2)17(19)18(21)22/h15,17H,3-14,19H2,1-2H3,(H,21,22)/t15-,17-/m1/s1. The quantitative estimate of drug-likeness (QED) is 0.442. The fraction of sp³-hybridized carbons (Fsp3) is 0.889. The van der Waals surface area contributed by atoms with E-state index in [1.54, 1.807) is 6.92 Å². The van der Waals surface area contributed by atoms with E-state index >= 15 is 0 Å². The second-order valence-electron chi connectivity index (χ2n) is 6.50. The molecule has 130 valence electrons. The lowest BCUT2D eigenvalue weighted by Gasteiger charge is -2.14. The summed E-state index contributed by atoms with van der Waals surface area (Å²) < 4.78 is 0. The number of hydrogen-bond donors (Lipinski definition) is 2. The number of rotatable bonds is 15. The van der Waals surface area contributed by atoms with Crippen LogP contribution in [0.4, 0.5) is 0 Å². The van der Waals surface area contributed by atoms with Gasteiger partial charge in [0.25, 0.3) is 0 Å². The molecule has 22 heavy (non-hydrogen) atoms. The molecule has 4 nitrogen and oxygen atoms in total. The van der Waals surface area contributed by atoms with Crippen LogP contribution in [0, 0.1) is 5.92 Å². The van der Waals surface area contributed by atoms with Gasteiger partial charge in [-0.1, -0.05) is 65.2 Å². The lowest BCUT2D eigenvalue weighted by molar-refractivity contribution is -0.140. The van der Waals surface area contributed by atoms with Crippen molar-refractivity contribution in [1.29, 1.82) is 0 Å². The van der Waals surface area contributed by atoms with E-state index < -0.39 is 12.0 Å². The summed E-state index contributed by atoms with van der Waals surface area (Å²) in [7, 11) is 0. The van der Waals surface area contributed by atoms with Crippen molar-refractivity contribution >= 4 is 11.8 Å². The number of nitrogens with two attached hydrogens (primary N) is 1. The van der Waals surface area contributed by atoms with Crippen molar-refractivity contribution < 1.29 is 14.7 Å². The summed E-state index contributed by atoms with van der Waals surface area (Å²) in [5.41, 5.74) is 5.53. The minimum Gasteiger partial charge on any atom is -0.480 e. The Bertz CT molecular complexity index is 305. The molecule has 0 aromatic heterocycles.